The van der Waals surface area contributed by atoms with E-state index in [1.54, 1.807) is 0 Å². The SMILES string of the molecule is O=C([O-])CCCC(=O)N1CCNC(=O)[C@H]1CC(=O)OC1CCCCC1. The predicted octanol–water partition coefficient (Wildman–Crippen LogP) is -0.500. The average Bonchev–Trinajstić information content (AvgIpc) is 2.57. The van der Waals surface area contributed by atoms with Crippen molar-refractivity contribution in [2.24, 2.45) is 0 Å². The van der Waals surface area contributed by atoms with Gasteiger partial charge in [0.1, 0.15) is 12.1 Å². The second-order valence-corrected chi connectivity index (χ2v) is 6.57. The van der Waals surface area contributed by atoms with Gasteiger partial charge < -0.3 is 24.9 Å². The number of hydrogen-bond acceptors (Lipinski definition) is 6. The van der Waals surface area contributed by atoms with Gasteiger partial charge in [-0.3, -0.25) is 14.4 Å². The molecular formula is C17H25N2O6-. The second kappa shape index (κ2) is 9.39. The van der Waals surface area contributed by atoms with Crippen LogP contribution >= 0.6 is 0 Å². The molecule has 1 saturated carbocycles. The van der Waals surface area contributed by atoms with Crippen LogP contribution in [0, 0.1) is 0 Å². The summed E-state index contributed by atoms with van der Waals surface area (Å²) in [5, 5.41) is 13.1. The van der Waals surface area contributed by atoms with E-state index in [2.05, 4.69) is 5.32 Å². The first kappa shape index (κ1) is 19.2. The van der Waals surface area contributed by atoms with Gasteiger partial charge in [-0.05, 0) is 38.5 Å². The van der Waals surface area contributed by atoms with Gasteiger partial charge in [-0.1, -0.05) is 6.42 Å². The monoisotopic (exact) mass is 353 g/mol. The molecule has 1 saturated heterocycles. The Hall–Kier alpha value is -2.12. The number of nitrogens with zero attached hydrogens (tertiary/aromatic N) is 1. The number of carbonyl (C=O) groups excluding carboxylic acids is 4. The highest BCUT2D eigenvalue weighted by Gasteiger charge is 2.35. The van der Waals surface area contributed by atoms with Gasteiger partial charge in [0.25, 0.3) is 0 Å². The maximum absolute atomic E-state index is 12.3. The maximum atomic E-state index is 12.3. The van der Waals surface area contributed by atoms with Gasteiger partial charge in [-0.15, -0.1) is 0 Å². The first-order valence-electron chi connectivity index (χ1n) is 8.94. The van der Waals surface area contributed by atoms with E-state index in [4.69, 9.17) is 4.74 Å². The standard InChI is InChI=1S/C17H26N2O6/c20-14(7-4-8-15(21)22)19-10-9-18-17(24)13(19)11-16(23)25-12-5-2-1-3-6-12/h12-13H,1-11H2,(H,18,24)(H,21,22)/p-1/t13-/m1/s1. The van der Waals surface area contributed by atoms with E-state index < -0.39 is 18.0 Å². The lowest BCUT2D eigenvalue weighted by Gasteiger charge is -2.35. The van der Waals surface area contributed by atoms with Crippen molar-refractivity contribution in [3.05, 3.63) is 0 Å². The number of rotatable bonds is 7. The van der Waals surface area contributed by atoms with Gasteiger partial charge in [0, 0.05) is 25.5 Å². The van der Waals surface area contributed by atoms with E-state index in [9.17, 15) is 24.3 Å². The van der Waals surface area contributed by atoms with Crippen molar-refractivity contribution >= 4 is 23.8 Å². The fourth-order valence-electron chi connectivity index (χ4n) is 3.32. The Bertz CT molecular complexity index is 515. The molecule has 2 amide bonds. The molecule has 0 bridgehead atoms. The summed E-state index contributed by atoms with van der Waals surface area (Å²) in [4.78, 5) is 48.4. The van der Waals surface area contributed by atoms with Crippen LogP contribution in [-0.4, -0.2) is 53.9 Å². The van der Waals surface area contributed by atoms with Crippen molar-refractivity contribution in [1.82, 2.24) is 10.2 Å². The van der Waals surface area contributed by atoms with Gasteiger partial charge in [0.15, 0.2) is 0 Å². The summed E-state index contributed by atoms with van der Waals surface area (Å²) >= 11 is 0. The number of piperazine rings is 1. The molecule has 2 fully saturated rings. The van der Waals surface area contributed by atoms with Crippen molar-refractivity contribution in [3.8, 4) is 0 Å². The van der Waals surface area contributed by atoms with Gasteiger partial charge in [-0.25, -0.2) is 0 Å². The lowest BCUT2D eigenvalue weighted by Crippen LogP contribution is -2.58. The average molecular weight is 353 g/mol. The lowest BCUT2D eigenvalue weighted by atomic mass is 9.98. The zero-order valence-corrected chi connectivity index (χ0v) is 14.3. The predicted molar refractivity (Wildman–Crippen MR) is 85.0 cm³/mol. The zero-order valence-electron chi connectivity index (χ0n) is 14.3. The fraction of sp³-hybridized carbons (Fsp3) is 0.765. The van der Waals surface area contributed by atoms with Gasteiger partial charge in [0.05, 0.1) is 6.42 Å². The van der Waals surface area contributed by atoms with E-state index >= 15 is 0 Å². The van der Waals surface area contributed by atoms with Crippen LogP contribution in [0.25, 0.3) is 0 Å². The number of amides is 2. The zero-order chi connectivity index (χ0) is 18.2. The molecule has 0 radical (unpaired) electrons. The van der Waals surface area contributed by atoms with E-state index in [1.807, 2.05) is 0 Å². The largest absolute Gasteiger partial charge is 0.550 e. The summed E-state index contributed by atoms with van der Waals surface area (Å²) in [6.45, 7) is 0.622. The van der Waals surface area contributed by atoms with Crippen molar-refractivity contribution in [1.29, 1.82) is 0 Å². The van der Waals surface area contributed by atoms with Gasteiger partial charge >= 0.3 is 5.97 Å². The molecular weight excluding hydrogens is 328 g/mol. The molecule has 140 valence electrons. The van der Waals surface area contributed by atoms with Crippen LogP contribution < -0.4 is 10.4 Å². The molecule has 0 unspecified atom stereocenters. The molecule has 0 aromatic rings. The topological polar surface area (TPSA) is 116 Å². The minimum Gasteiger partial charge on any atom is -0.550 e. The Morgan fingerprint density at radius 1 is 1.16 bits per heavy atom. The second-order valence-electron chi connectivity index (χ2n) is 6.57. The first-order valence-corrected chi connectivity index (χ1v) is 8.94. The molecule has 0 aromatic carbocycles. The van der Waals surface area contributed by atoms with Crippen molar-refractivity contribution < 1.29 is 29.0 Å². The molecule has 8 heteroatoms. The number of carboxylic acids is 1. The van der Waals surface area contributed by atoms with Crippen LogP contribution in [0.1, 0.15) is 57.8 Å². The Labute approximate surface area is 146 Å². The normalized spacial score (nSPS) is 21.5. The molecule has 8 nitrogen and oxygen atoms in total. The molecule has 2 aliphatic rings. The van der Waals surface area contributed by atoms with Crippen LogP contribution in [0.15, 0.2) is 0 Å². The van der Waals surface area contributed by atoms with E-state index in [0.29, 0.717) is 13.1 Å². The summed E-state index contributed by atoms with van der Waals surface area (Å²) in [5.41, 5.74) is 0. The smallest absolute Gasteiger partial charge is 0.308 e. The minimum atomic E-state index is -1.21. The van der Waals surface area contributed by atoms with Crippen LogP contribution in [-0.2, 0) is 23.9 Å². The summed E-state index contributed by atoms with van der Waals surface area (Å²) < 4.78 is 5.44. The summed E-state index contributed by atoms with van der Waals surface area (Å²) in [6.07, 6.45) is 4.58. The number of carbonyl (C=O) groups is 4. The quantitative estimate of drug-likeness (QED) is 0.617. The van der Waals surface area contributed by atoms with E-state index in [-0.39, 0.29) is 43.6 Å². The molecule has 1 N–H and O–H groups in total. The molecule has 1 atom stereocenters. The highest BCUT2D eigenvalue weighted by Crippen LogP contribution is 2.21. The van der Waals surface area contributed by atoms with Gasteiger partial charge in [-0.2, -0.15) is 0 Å². The summed E-state index contributed by atoms with van der Waals surface area (Å²) in [6, 6.07) is -0.889. The molecule has 1 aliphatic carbocycles. The minimum absolute atomic E-state index is 0.00936. The van der Waals surface area contributed by atoms with Crippen LogP contribution in [0.3, 0.4) is 0 Å². The van der Waals surface area contributed by atoms with Crippen molar-refractivity contribution in [2.75, 3.05) is 13.1 Å². The maximum Gasteiger partial charge on any atom is 0.308 e. The number of nitrogens with one attached hydrogen (secondary N) is 1. The van der Waals surface area contributed by atoms with Crippen LogP contribution in [0.5, 0.6) is 0 Å². The highest BCUT2D eigenvalue weighted by molar-refractivity contribution is 5.92. The van der Waals surface area contributed by atoms with Crippen molar-refractivity contribution in [3.63, 3.8) is 0 Å². The number of ether oxygens (including phenoxy) is 1. The van der Waals surface area contributed by atoms with E-state index in [1.165, 1.54) is 4.90 Å². The van der Waals surface area contributed by atoms with Gasteiger partial charge in [0.2, 0.25) is 11.8 Å². The number of aliphatic carboxylic acids is 1. The first-order chi connectivity index (χ1) is 12.0. The number of hydrogen-bond donors (Lipinski definition) is 1. The summed E-state index contributed by atoms with van der Waals surface area (Å²) in [5.74, 6) is -2.38. The molecule has 25 heavy (non-hydrogen) atoms. The highest BCUT2D eigenvalue weighted by atomic mass is 16.5. The molecule has 0 aromatic heterocycles. The van der Waals surface area contributed by atoms with E-state index in [0.717, 1.165) is 32.1 Å². The Balaban J connectivity index is 1.89. The number of esters is 1. The third-order valence-corrected chi connectivity index (χ3v) is 4.63. The third-order valence-electron chi connectivity index (χ3n) is 4.63. The third kappa shape index (κ3) is 6.03. The lowest BCUT2D eigenvalue weighted by molar-refractivity contribution is -0.305. The molecule has 2 rings (SSSR count). The van der Waals surface area contributed by atoms with Crippen LogP contribution in [0.2, 0.25) is 0 Å². The Kier molecular flexibility index (Phi) is 7.21. The van der Waals surface area contributed by atoms with Crippen molar-refractivity contribution in [2.45, 2.75) is 69.9 Å². The molecule has 0 spiro atoms. The Morgan fingerprint density at radius 2 is 1.88 bits per heavy atom. The Morgan fingerprint density at radius 3 is 2.56 bits per heavy atom. The fourth-order valence-corrected chi connectivity index (χ4v) is 3.32. The van der Waals surface area contributed by atoms with Crippen LogP contribution in [0.4, 0.5) is 0 Å². The number of carboxylic acid groups (broad SMARTS) is 1. The molecule has 1 heterocycles. The molecule has 1 aliphatic heterocycles. The summed E-state index contributed by atoms with van der Waals surface area (Å²) in [7, 11) is 0.